The summed E-state index contributed by atoms with van der Waals surface area (Å²) in [5, 5.41) is 5.66. The third-order valence-corrected chi connectivity index (χ3v) is 3.80. The highest BCUT2D eigenvalue weighted by Crippen LogP contribution is 2.12. The van der Waals surface area contributed by atoms with Crippen LogP contribution in [-0.2, 0) is 11.3 Å². The van der Waals surface area contributed by atoms with Gasteiger partial charge in [0.25, 0.3) is 5.91 Å². The summed E-state index contributed by atoms with van der Waals surface area (Å²) < 4.78 is 0. The van der Waals surface area contributed by atoms with Crippen LogP contribution in [0.25, 0.3) is 6.08 Å². The molecule has 3 rings (SSSR count). The monoisotopic (exact) mass is 357 g/mol. The van der Waals surface area contributed by atoms with Crippen LogP contribution >= 0.6 is 0 Å². The molecule has 1 heterocycles. The highest BCUT2D eigenvalue weighted by Gasteiger charge is 2.06. The first kappa shape index (κ1) is 18.1. The van der Waals surface area contributed by atoms with E-state index in [1.807, 2.05) is 48.5 Å². The lowest BCUT2D eigenvalue weighted by molar-refractivity contribution is -0.116. The van der Waals surface area contributed by atoms with Crippen molar-refractivity contribution in [2.45, 2.75) is 6.54 Å². The summed E-state index contributed by atoms with van der Waals surface area (Å²) in [4.78, 5) is 28.1. The van der Waals surface area contributed by atoms with Crippen molar-refractivity contribution in [3.05, 3.63) is 102 Å². The predicted octanol–water partition coefficient (Wildman–Crippen LogP) is 3.66. The molecule has 0 spiro atoms. The van der Waals surface area contributed by atoms with Crippen LogP contribution in [0.15, 0.2) is 85.2 Å². The molecule has 0 unspecified atom stereocenters. The predicted molar refractivity (Wildman–Crippen MR) is 106 cm³/mol. The topological polar surface area (TPSA) is 71.1 Å². The Bertz CT molecular complexity index is 938. The minimum absolute atomic E-state index is 0.177. The molecule has 2 aromatic carbocycles. The van der Waals surface area contributed by atoms with Crippen LogP contribution in [0.1, 0.15) is 21.5 Å². The van der Waals surface area contributed by atoms with E-state index in [4.69, 9.17) is 0 Å². The van der Waals surface area contributed by atoms with E-state index in [1.165, 1.54) is 12.3 Å². The Hall–Kier alpha value is -3.73. The first-order valence-electron chi connectivity index (χ1n) is 8.52. The second kappa shape index (κ2) is 9.10. The molecule has 0 aliphatic carbocycles. The molecular weight excluding hydrogens is 338 g/mol. The molecular formula is C22H19N3O2. The molecule has 2 amide bonds. The van der Waals surface area contributed by atoms with Gasteiger partial charge in [-0.1, -0.05) is 42.5 Å². The fourth-order valence-corrected chi connectivity index (χ4v) is 2.44. The normalized spacial score (nSPS) is 10.5. The molecule has 0 saturated heterocycles. The number of amides is 2. The van der Waals surface area contributed by atoms with Gasteiger partial charge in [0.15, 0.2) is 0 Å². The third-order valence-electron chi connectivity index (χ3n) is 3.80. The molecule has 27 heavy (non-hydrogen) atoms. The SMILES string of the molecule is O=C(/C=C/c1ccccc1)NCc1cccc(NC(=O)c2cccnc2)c1. The Morgan fingerprint density at radius 1 is 0.963 bits per heavy atom. The Kier molecular flexibility index (Phi) is 6.09. The van der Waals surface area contributed by atoms with Gasteiger partial charge in [0.05, 0.1) is 5.56 Å². The average Bonchev–Trinajstić information content (AvgIpc) is 2.72. The van der Waals surface area contributed by atoms with E-state index in [2.05, 4.69) is 15.6 Å². The van der Waals surface area contributed by atoms with Crippen LogP contribution in [0.3, 0.4) is 0 Å². The molecule has 5 heteroatoms. The summed E-state index contributed by atoms with van der Waals surface area (Å²) in [6.45, 7) is 0.370. The highest BCUT2D eigenvalue weighted by molar-refractivity contribution is 6.04. The van der Waals surface area contributed by atoms with Crippen molar-refractivity contribution in [2.75, 3.05) is 5.32 Å². The van der Waals surface area contributed by atoms with Crippen LogP contribution in [0.5, 0.6) is 0 Å². The molecule has 0 atom stereocenters. The molecule has 0 aliphatic heterocycles. The number of carbonyl (C=O) groups excluding carboxylic acids is 2. The Balaban J connectivity index is 1.55. The van der Waals surface area contributed by atoms with Gasteiger partial charge in [-0.05, 0) is 41.5 Å². The van der Waals surface area contributed by atoms with Crippen molar-refractivity contribution in [3.63, 3.8) is 0 Å². The fourth-order valence-electron chi connectivity index (χ4n) is 2.44. The van der Waals surface area contributed by atoms with E-state index < -0.39 is 0 Å². The van der Waals surface area contributed by atoms with Gasteiger partial charge in [-0.3, -0.25) is 14.6 Å². The second-order valence-electron chi connectivity index (χ2n) is 5.86. The van der Waals surface area contributed by atoms with Crippen molar-refractivity contribution < 1.29 is 9.59 Å². The van der Waals surface area contributed by atoms with E-state index in [0.717, 1.165) is 11.1 Å². The number of benzene rings is 2. The van der Waals surface area contributed by atoms with Gasteiger partial charge in [-0.2, -0.15) is 0 Å². The van der Waals surface area contributed by atoms with Crippen molar-refractivity contribution in [3.8, 4) is 0 Å². The number of pyridine rings is 1. The molecule has 0 aliphatic rings. The summed E-state index contributed by atoms with van der Waals surface area (Å²) >= 11 is 0. The summed E-state index contributed by atoms with van der Waals surface area (Å²) in [5.41, 5.74) is 3.01. The van der Waals surface area contributed by atoms with Crippen molar-refractivity contribution in [2.24, 2.45) is 0 Å². The van der Waals surface area contributed by atoms with E-state index in [9.17, 15) is 9.59 Å². The maximum atomic E-state index is 12.2. The largest absolute Gasteiger partial charge is 0.348 e. The molecule has 5 nitrogen and oxygen atoms in total. The fraction of sp³-hybridized carbons (Fsp3) is 0.0455. The lowest BCUT2D eigenvalue weighted by Gasteiger charge is -2.08. The Morgan fingerprint density at radius 2 is 1.81 bits per heavy atom. The highest BCUT2D eigenvalue weighted by atomic mass is 16.2. The second-order valence-corrected chi connectivity index (χ2v) is 5.86. The number of nitrogens with one attached hydrogen (secondary N) is 2. The minimum Gasteiger partial charge on any atom is -0.348 e. The average molecular weight is 357 g/mol. The summed E-state index contributed by atoms with van der Waals surface area (Å²) in [6, 6.07) is 20.4. The zero-order chi connectivity index (χ0) is 18.9. The van der Waals surface area contributed by atoms with E-state index in [1.54, 1.807) is 30.5 Å². The van der Waals surface area contributed by atoms with Gasteiger partial charge < -0.3 is 10.6 Å². The van der Waals surface area contributed by atoms with E-state index in [0.29, 0.717) is 17.8 Å². The number of anilines is 1. The number of nitrogens with zero attached hydrogens (tertiary/aromatic N) is 1. The smallest absolute Gasteiger partial charge is 0.257 e. The van der Waals surface area contributed by atoms with E-state index in [-0.39, 0.29) is 11.8 Å². The zero-order valence-corrected chi connectivity index (χ0v) is 14.6. The van der Waals surface area contributed by atoms with Gasteiger partial charge in [0.1, 0.15) is 0 Å². The number of rotatable bonds is 6. The van der Waals surface area contributed by atoms with Gasteiger partial charge >= 0.3 is 0 Å². The first-order chi connectivity index (χ1) is 13.2. The molecule has 0 saturated carbocycles. The summed E-state index contributed by atoms with van der Waals surface area (Å²) in [5.74, 6) is -0.404. The minimum atomic E-state index is -0.227. The number of hydrogen-bond acceptors (Lipinski definition) is 3. The maximum Gasteiger partial charge on any atom is 0.257 e. The quantitative estimate of drug-likeness (QED) is 0.661. The lowest BCUT2D eigenvalue weighted by atomic mass is 10.2. The van der Waals surface area contributed by atoms with Gasteiger partial charge in [-0.25, -0.2) is 0 Å². The third kappa shape index (κ3) is 5.64. The van der Waals surface area contributed by atoms with E-state index >= 15 is 0 Å². The molecule has 3 aromatic rings. The first-order valence-corrected chi connectivity index (χ1v) is 8.52. The molecule has 134 valence electrons. The van der Waals surface area contributed by atoms with Gasteiger partial charge in [-0.15, -0.1) is 0 Å². The molecule has 0 radical (unpaired) electrons. The van der Waals surface area contributed by atoms with Gasteiger partial charge in [0, 0.05) is 30.7 Å². The Labute approximate surface area is 157 Å². The lowest BCUT2D eigenvalue weighted by Crippen LogP contribution is -2.20. The van der Waals surface area contributed by atoms with Crippen LogP contribution in [0.4, 0.5) is 5.69 Å². The van der Waals surface area contributed by atoms with Crippen LogP contribution in [0, 0.1) is 0 Å². The van der Waals surface area contributed by atoms with Crippen molar-refractivity contribution >= 4 is 23.6 Å². The maximum absolute atomic E-state index is 12.2. The standard InChI is InChI=1S/C22H19N3O2/c26-21(12-11-17-6-2-1-3-7-17)24-15-18-8-4-10-20(14-18)25-22(27)19-9-5-13-23-16-19/h1-14,16H,15H2,(H,24,26)(H,25,27)/b12-11+. The van der Waals surface area contributed by atoms with Crippen LogP contribution < -0.4 is 10.6 Å². The molecule has 1 aromatic heterocycles. The van der Waals surface area contributed by atoms with Crippen LogP contribution in [0.2, 0.25) is 0 Å². The molecule has 2 N–H and O–H groups in total. The van der Waals surface area contributed by atoms with Crippen LogP contribution in [-0.4, -0.2) is 16.8 Å². The van der Waals surface area contributed by atoms with Gasteiger partial charge in [0.2, 0.25) is 5.91 Å². The zero-order valence-electron chi connectivity index (χ0n) is 14.6. The molecule has 0 bridgehead atoms. The number of hydrogen-bond donors (Lipinski definition) is 2. The Morgan fingerprint density at radius 3 is 2.59 bits per heavy atom. The van der Waals surface area contributed by atoms with Crippen molar-refractivity contribution in [1.82, 2.24) is 10.3 Å². The summed E-state index contributed by atoms with van der Waals surface area (Å²) in [6.07, 6.45) is 6.40. The molecule has 0 fully saturated rings. The number of aromatic nitrogens is 1. The number of carbonyl (C=O) groups is 2. The van der Waals surface area contributed by atoms with Crippen molar-refractivity contribution in [1.29, 1.82) is 0 Å². The summed E-state index contributed by atoms with van der Waals surface area (Å²) in [7, 11) is 0.